The number of H-pyrrole nitrogens is 1. The molecule has 1 amide bonds. The highest BCUT2D eigenvalue weighted by atomic mass is 16.1. The second-order valence-corrected chi connectivity index (χ2v) is 5.11. The summed E-state index contributed by atoms with van der Waals surface area (Å²) in [6, 6.07) is 5.27. The van der Waals surface area contributed by atoms with E-state index in [4.69, 9.17) is 0 Å². The Bertz CT molecular complexity index is 540. The first-order valence-corrected chi connectivity index (χ1v) is 5.74. The maximum atomic E-state index is 11.9. The number of carbonyl (C=O) groups excluding carboxylic acids is 1. The van der Waals surface area contributed by atoms with E-state index in [9.17, 15) is 4.79 Å². The van der Waals surface area contributed by atoms with E-state index in [-0.39, 0.29) is 11.3 Å². The van der Waals surface area contributed by atoms with Crippen LogP contribution >= 0.6 is 0 Å². The van der Waals surface area contributed by atoms with Gasteiger partial charge in [-0.1, -0.05) is 20.8 Å². The van der Waals surface area contributed by atoms with Gasteiger partial charge in [-0.2, -0.15) is 5.10 Å². The molecule has 0 aliphatic rings. The van der Waals surface area contributed by atoms with Gasteiger partial charge >= 0.3 is 0 Å². The van der Waals surface area contributed by atoms with Crippen LogP contribution in [0.3, 0.4) is 0 Å². The molecule has 0 bridgehead atoms. The largest absolute Gasteiger partial charge is 0.305 e. The van der Waals surface area contributed by atoms with Gasteiger partial charge < -0.3 is 5.32 Å². The highest BCUT2D eigenvalue weighted by Crippen LogP contribution is 2.22. The van der Waals surface area contributed by atoms with Crippen LogP contribution < -0.4 is 5.32 Å². The lowest BCUT2D eigenvalue weighted by molar-refractivity contribution is 0.102. The molecule has 94 valence electrons. The standard InChI is InChI=1S/C13H16N4O/c1-13(2,3)10-7-11(17-16-10)15-12(18)9-5-4-6-14-8-9/h4-8H,1-3H3,(H2,15,16,17,18). The van der Waals surface area contributed by atoms with Crippen LogP contribution in [0.25, 0.3) is 0 Å². The first-order valence-electron chi connectivity index (χ1n) is 5.74. The van der Waals surface area contributed by atoms with Gasteiger partial charge in [0.05, 0.1) is 5.56 Å². The molecule has 0 spiro atoms. The smallest absolute Gasteiger partial charge is 0.258 e. The van der Waals surface area contributed by atoms with Gasteiger partial charge in [-0.25, -0.2) is 0 Å². The molecule has 0 aliphatic heterocycles. The molecule has 0 atom stereocenters. The van der Waals surface area contributed by atoms with Gasteiger partial charge in [0.15, 0.2) is 5.82 Å². The van der Waals surface area contributed by atoms with E-state index >= 15 is 0 Å². The lowest BCUT2D eigenvalue weighted by Gasteiger charge is -2.14. The van der Waals surface area contributed by atoms with Crippen LogP contribution in [0, 0.1) is 0 Å². The van der Waals surface area contributed by atoms with E-state index < -0.39 is 0 Å². The highest BCUT2D eigenvalue weighted by molar-refractivity contribution is 6.03. The SMILES string of the molecule is CC(C)(C)c1cc(NC(=O)c2cccnc2)n[nH]1. The van der Waals surface area contributed by atoms with Crippen molar-refractivity contribution in [2.45, 2.75) is 26.2 Å². The van der Waals surface area contributed by atoms with Crippen molar-refractivity contribution >= 4 is 11.7 Å². The number of carbonyl (C=O) groups is 1. The maximum Gasteiger partial charge on any atom is 0.258 e. The Morgan fingerprint density at radius 3 is 2.72 bits per heavy atom. The van der Waals surface area contributed by atoms with Crippen molar-refractivity contribution in [1.82, 2.24) is 15.2 Å². The molecule has 2 rings (SSSR count). The molecule has 2 aromatic heterocycles. The quantitative estimate of drug-likeness (QED) is 0.851. The molecule has 2 aromatic rings. The average Bonchev–Trinajstić information content (AvgIpc) is 2.78. The van der Waals surface area contributed by atoms with Crippen LogP contribution in [0.5, 0.6) is 0 Å². The van der Waals surface area contributed by atoms with E-state index in [1.54, 1.807) is 18.3 Å². The fraction of sp³-hybridized carbons (Fsp3) is 0.308. The summed E-state index contributed by atoms with van der Waals surface area (Å²) in [4.78, 5) is 15.8. The molecule has 0 saturated carbocycles. The van der Waals surface area contributed by atoms with Crippen molar-refractivity contribution in [2.75, 3.05) is 5.32 Å². The molecule has 0 unspecified atom stereocenters. The molecule has 0 aliphatic carbocycles. The van der Waals surface area contributed by atoms with Crippen LogP contribution in [0.4, 0.5) is 5.82 Å². The molecule has 0 fully saturated rings. The zero-order valence-electron chi connectivity index (χ0n) is 10.7. The zero-order valence-corrected chi connectivity index (χ0v) is 10.7. The molecular weight excluding hydrogens is 228 g/mol. The van der Waals surface area contributed by atoms with Gasteiger partial charge in [-0.15, -0.1) is 0 Å². The van der Waals surface area contributed by atoms with Crippen molar-refractivity contribution < 1.29 is 4.79 Å². The zero-order chi connectivity index (χ0) is 13.2. The van der Waals surface area contributed by atoms with E-state index in [0.717, 1.165) is 5.69 Å². The fourth-order valence-corrected chi connectivity index (χ4v) is 1.46. The average molecular weight is 244 g/mol. The number of aromatic nitrogens is 3. The summed E-state index contributed by atoms with van der Waals surface area (Å²) in [6.45, 7) is 6.23. The number of amides is 1. The van der Waals surface area contributed by atoms with Gasteiger partial charge in [0.25, 0.3) is 5.91 Å². The van der Waals surface area contributed by atoms with Gasteiger partial charge in [-0.3, -0.25) is 14.9 Å². The predicted octanol–water partition coefficient (Wildman–Crippen LogP) is 2.35. The summed E-state index contributed by atoms with van der Waals surface area (Å²) < 4.78 is 0. The molecule has 0 radical (unpaired) electrons. The Morgan fingerprint density at radius 1 is 1.39 bits per heavy atom. The lowest BCUT2D eigenvalue weighted by Crippen LogP contribution is -2.12. The number of aromatic amines is 1. The predicted molar refractivity (Wildman–Crippen MR) is 69.5 cm³/mol. The van der Waals surface area contributed by atoms with E-state index in [1.807, 2.05) is 6.07 Å². The summed E-state index contributed by atoms with van der Waals surface area (Å²) in [6.07, 6.45) is 3.15. The van der Waals surface area contributed by atoms with Crippen molar-refractivity contribution in [3.8, 4) is 0 Å². The Hall–Kier alpha value is -2.17. The minimum absolute atomic E-state index is 0.0235. The number of nitrogens with one attached hydrogen (secondary N) is 2. The van der Waals surface area contributed by atoms with Crippen molar-refractivity contribution in [3.63, 3.8) is 0 Å². The molecule has 5 nitrogen and oxygen atoms in total. The number of hydrogen-bond donors (Lipinski definition) is 2. The molecule has 18 heavy (non-hydrogen) atoms. The molecule has 2 N–H and O–H groups in total. The minimum atomic E-state index is -0.213. The molecular formula is C13H16N4O. The summed E-state index contributed by atoms with van der Waals surface area (Å²) in [5, 5.41) is 9.72. The van der Waals surface area contributed by atoms with Crippen LogP contribution in [0.1, 0.15) is 36.8 Å². The molecule has 0 aromatic carbocycles. The summed E-state index contributed by atoms with van der Waals surface area (Å²) in [5.74, 6) is 0.309. The summed E-state index contributed by atoms with van der Waals surface area (Å²) >= 11 is 0. The number of nitrogens with zero attached hydrogens (tertiary/aromatic N) is 2. The first-order chi connectivity index (χ1) is 8.47. The van der Waals surface area contributed by atoms with E-state index in [0.29, 0.717) is 11.4 Å². The molecule has 5 heteroatoms. The molecule has 2 heterocycles. The van der Waals surface area contributed by atoms with E-state index in [2.05, 4.69) is 41.3 Å². The monoisotopic (exact) mass is 244 g/mol. The third-order valence-corrected chi connectivity index (χ3v) is 2.55. The second-order valence-electron chi connectivity index (χ2n) is 5.11. The normalized spacial score (nSPS) is 11.3. The van der Waals surface area contributed by atoms with Gasteiger partial charge in [0, 0.05) is 29.6 Å². The Kier molecular flexibility index (Phi) is 3.14. The maximum absolute atomic E-state index is 11.9. The summed E-state index contributed by atoms with van der Waals surface area (Å²) in [5.41, 5.74) is 1.46. The first kappa shape index (κ1) is 12.3. The van der Waals surface area contributed by atoms with Gasteiger partial charge in [0.1, 0.15) is 0 Å². The van der Waals surface area contributed by atoms with Gasteiger partial charge in [0.2, 0.25) is 0 Å². The highest BCUT2D eigenvalue weighted by Gasteiger charge is 2.17. The van der Waals surface area contributed by atoms with Crippen LogP contribution in [0.2, 0.25) is 0 Å². The topological polar surface area (TPSA) is 70.7 Å². The number of rotatable bonds is 2. The van der Waals surface area contributed by atoms with Crippen molar-refractivity contribution in [2.24, 2.45) is 0 Å². The lowest BCUT2D eigenvalue weighted by atomic mass is 9.92. The third-order valence-electron chi connectivity index (χ3n) is 2.55. The Morgan fingerprint density at radius 2 is 2.17 bits per heavy atom. The van der Waals surface area contributed by atoms with Crippen molar-refractivity contribution in [1.29, 1.82) is 0 Å². The second kappa shape index (κ2) is 4.60. The van der Waals surface area contributed by atoms with Gasteiger partial charge in [-0.05, 0) is 12.1 Å². The van der Waals surface area contributed by atoms with Crippen LogP contribution in [0.15, 0.2) is 30.6 Å². The Balaban J connectivity index is 2.11. The van der Waals surface area contributed by atoms with E-state index in [1.165, 1.54) is 6.20 Å². The fourth-order valence-electron chi connectivity index (χ4n) is 1.46. The Labute approximate surface area is 106 Å². The van der Waals surface area contributed by atoms with Crippen LogP contribution in [-0.2, 0) is 5.41 Å². The van der Waals surface area contributed by atoms with Crippen molar-refractivity contribution in [3.05, 3.63) is 41.9 Å². The molecule has 0 saturated heterocycles. The minimum Gasteiger partial charge on any atom is -0.305 e. The number of pyridine rings is 1. The summed E-state index contributed by atoms with van der Waals surface area (Å²) in [7, 11) is 0. The third kappa shape index (κ3) is 2.74. The number of hydrogen-bond acceptors (Lipinski definition) is 3. The number of anilines is 1. The van der Waals surface area contributed by atoms with Crippen LogP contribution in [-0.4, -0.2) is 21.1 Å².